The van der Waals surface area contributed by atoms with Crippen LogP contribution in [0.15, 0.2) is 38.3 Å². The molecule has 2 aromatic heterocycles. The lowest BCUT2D eigenvalue weighted by atomic mass is 10.1. The third kappa shape index (κ3) is 6.46. The van der Waals surface area contributed by atoms with Crippen molar-refractivity contribution < 1.29 is 9.21 Å². The van der Waals surface area contributed by atoms with Gasteiger partial charge in [-0.15, -0.1) is 10.2 Å². The number of aryl methyl sites for hydroxylation is 2. The summed E-state index contributed by atoms with van der Waals surface area (Å²) in [6.07, 6.45) is 4.39. The highest BCUT2D eigenvalue weighted by atomic mass is 16.4. The van der Waals surface area contributed by atoms with Gasteiger partial charge < -0.3 is 15.1 Å². The van der Waals surface area contributed by atoms with Crippen molar-refractivity contribution in [3.05, 3.63) is 56.6 Å². The van der Waals surface area contributed by atoms with Crippen LogP contribution in [0.1, 0.15) is 63.8 Å². The molecule has 1 aromatic carbocycles. The standard InChI is InChI=1S/C25H34N6O4/c1-4-6-8-16-30(21-22(26)31(15-7-5-2)25(34)27-23(21)33)20(32)14-13-19-28-29-24(35-19)18-11-9-17(3)10-12-18/h9-12H,4-8,13-16,26H2,1-3H3,(H,27,33,34). The van der Waals surface area contributed by atoms with E-state index in [0.29, 0.717) is 31.3 Å². The summed E-state index contributed by atoms with van der Waals surface area (Å²) in [6.45, 7) is 6.74. The van der Waals surface area contributed by atoms with Crippen LogP contribution < -0.4 is 21.9 Å². The van der Waals surface area contributed by atoms with E-state index in [0.717, 1.165) is 36.8 Å². The van der Waals surface area contributed by atoms with Crippen LogP contribution in [-0.2, 0) is 17.8 Å². The number of hydrogen-bond acceptors (Lipinski definition) is 7. The number of carbonyl (C=O) groups is 1. The van der Waals surface area contributed by atoms with Crippen molar-refractivity contribution in [3.8, 4) is 11.5 Å². The first-order valence-corrected chi connectivity index (χ1v) is 12.2. The summed E-state index contributed by atoms with van der Waals surface area (Å²) < 4.78 is 7.07. The first-order valence-electron chi connectivity index (χ1n) is 12.2. The zero-order chi connectivity index (χ0) is 25.4. The molecule has 3 aromatic rings. The number of anilines is 2. The van der Waals surface area contributed by atoms with Gasteiger partial charge in [-0.05, 0) is 31.9 Å². The van der Waals surface area contributed by atoms with E-state index in [1.54, 1.807) is 0 Å². The fourth-order valence-corrected chi connectivity index (χ4v) is 3.77. The van der Waals surface area contributed by atoms with E-state index in [-0.39, 0.29) is 30.3 Å². The molecule has 0 atom stereocenters. The number of benzene rings is 1. The highest BCUT2D eigenvalue weighted by molar-refractivity contribution is 5.95. The monoisotopic (exact) mass is 482 g/mol. The number of nitrogens with two attached hydrogens (primary N) is 1. The second kappa shape index (κ2) is 12.1. The molecule has 0 radical (unpaired) electrons. The van der Waals surface area contributed by atoms with Gasteiger partial charge in [0.1, 0.15) is 5.82 Å². The Bertz CT molecular complexity index is 1240. The smallest absolute Gasteiger partial charge is 0.330 e. The van der Waals surface area contributed by atoms with E-state index in [2.05, 4.69) is 22.1 Å². The Hall–Kier alpha value is -3.69. The third-order valence-corrected chi connectivity index (χ3v) is 5.82. The van der Waals surface area contributed by atoms with E-state index in [1.165, 1.54) is 9.47 Å². The molecule has 3 N–H and O–H groups in total. The van der Waals surface area contributed by atoms with Crippen LogP contribution in [0.5, 0.6) is 0 Å². The van der Waals surface area contributed by atoms with E-state index in [4.69, 9.17) is 10.2 Å². The Morgan fingerprint density at radius 2 is 1.80 bits per heavy atom. The lowest BCUT2D eigenvalue weighted by Crippen LogP contribution is -2.41. The van der Waals surface area contributed by atoms with E-state index in [9.17, 15) is 14.4 Å². The fourth-order valence-electron chi connectivity index (χ4n) is 3.77. The Morgan fingerprint density at radius 3 is 2.49 bits per heavy atom. The summed E-state index contributed by atoms with van der Waals surface area (Å²) in [5.41, 5.74) is 6.98. The van der Waals surface area contributed by atoms with Gasteiger partial charge in [0.05, 0.1) is 0 Å². The maximum atomic E-state index is 13.3. The number of amides is 1. The Kier molecular flexibility index (Phi) is 8.99. The van der Waals surface area contributed by atoms with Gasteiger partial charge in [0.15, 0.2) is 5.69 Å². The summed E-state index contributed by atoms with van der Waals surface area (Å²) in [5.74, 6) is 0.429. The molecule has 0 bridgehead atoms. The summed E-state index contributed by atoms with van der Waals surface area (Å²) in [6, 6.07) is 7.71. The Morgan fingerprint density at radius 1 is 1.09 bits per heavy atom. The number of H-pyrrole nitrogens is 1. The molecule has 0 saturated carbocycles. The summed E-state index contributed by atoms with van der Waals surface area (Å²) in [4.78, 5) is 42.0. The minimum Gasteiger partial charge on any atom is -0.421 e. The van der Waals surface area contributed by atoms with E-state index >= 15 is 0 Å². The molecule has 0 saturated heterocycles. The van der Waals surface area contributed by atoms with Gasteiger partial charge in [-0.3, -0.25) is 19.1 Å². The van der Waals surface area contributed by atoms with Crippen molar-refractivity contribution in [3.63, 3.8) is 0 Å². The third-order valence-electron chi connectivity index (χ3n) is 5.82. The lowest BCUT2D eigenvalue weighted by molar-refractivity contribution is -0.118. The summed E-state index contributed by atoms with van der Waals surface area (Å²) >= 11 is 0. The quantitative estimate of drug-likeness (QED) is 0.377. The van der Waals surface area contributed by atoms with Crippen LogP contribution in [0.25, 0.3) is 11.5 Å². The normalized spacial score (nSPS) is 11.1. The first kappa shape index (κ1) is 25.9. The van der Waals surface area contributed by atoms with Crippen molar-refractivity contribution >= 4 is 17.4 Å². The molecule has 35 heavy (non-hydrogen) atoms. The molecule has 0 fully saturated rings. The van der Waals surface area contributed by atoms with Gasteiger partial charge >= 0.3 is 5.69 Å². The van der Waals surface area contributed by atoms with Crippen LogP contribution in [0, 0.1) is 6.92 Å². The highest BCUT2D eigenvalue weighted by Crippen LogP contribution is 2.21. The topological polar surface area (TPSA) is 140 Å². The molecule has 0 aliphatic carbocycles. The van der Waals surface area contributed by atoms with E-state index in [1.807, 2.05) is 38.1 Å². The largest absolute Gasteiger partial charge is 0.421 e. The maximum absolute atomic E-state index is 13.3. The average molecular weight is 483 g/mol. The number of carbonyl (C=O) groups excluding carboxylic acids is 1. The molecule has 10 nitrogen and oxygen atoms in total. The van der Waals surface area contributed by atoms with Crippen molar-refractivity contribution in [2.45, 2.75) is 72.3 Å². The number of nitrogens with one attached hydrogen (secondary N) is 1. The number of hydrogen-bond donors (Lipinski definition) is 2. The number of unbranched alkanes of at least 4 members (excludes halogenated alkanes) is 3. The van der Waals surface area contributed by atoms with Crippen LogP contribution in [0.2, 0.25) is 0 Å². The molecule has 10 heteroatoms. The number of rotatable bonds is 12. The number of aromatic nitrogens is 4. The lowest BCUT2D eigenvalue weighted by Gasteiger charge is -2.24. The van der Waals surface area contributed by atoms with Crippen molar-refractivity contribution in [2.75, 3.05) is 17.2 Å². The van der Waals surface area contributed by atoms with Gasteiger partial charge in [0.25, 0.3) is 5.56 Å². The minimum absolute atomic E-state index is 0.0106. The SMILES string of the molecule is CCCCCN(C(=O)CCc1nnc(-c2ccc(C)cc2)o1)c1c(N)n(CCCC)c(=O)[nH]c1=O. The molecule has 0 aliphatic heterocycles. The van der Waals surface area contributed by atoms with Gasteiger partial charge in [0.2, 0.25) is 17.7 Å². The highest BCUT2D eigenvalue weighted by Gasteiger charge is 2.24. The zero-order valence-electron chi connectivity index (χ0n) is 20.7. The summed E-state index contributed by atoms with van der Waals surface area (Å²) in [7, 11) is 0. The molecule has 188 valence electrons. The summed E-state index contributed by atoms with van der Waals surface area (Å²) in [5, 5.41) is 8.14. The molecule has 0 unspecified atom stereocenters. The number of nitrogen functional groups attached to an aromatic ring is 1. The molecule has 3 rings (SSSR count). The first-order chi connectivity index (χ1) is 16.8. The van der Waals surface area contributed by atoms with Crippen LogP contribution in [0.4, 0.5) is 11.5 Å². The van der Waals surface area contributed by atoms with Gasteiger partial charge in [-0.2, -0.15) is 0 Å². The predicted molar refractivity (Wildman–Crippen MR) is 135 cm³/mol. The molecule has 2 heterocycles. The molecule has 0 spiro atoms. The van der Waals surface area contributed by atoms with Gasteiger partial charge in [-0.1, -0.05) is 50.8 Å². The maximum Gasteiger partial charge on any atom is 0.330 e. The van der Waals surface area contributed by atoms with Crippen molar-refractivity contribution in [1.29, 1.82) is 0 Å². The van der Waals surface area contributed by atoms with Crippen LogP contribution >= 0.6 is 0 Å². The second-order valence-electron chi connectivity index (χ2n) is 8.62. The van der Waals surface area contributed by atoms with Crippen molar-refractivity contribution in [1.82, 2.24) is 19.7 Å². The molecular formula is C25H34N6O4. The predicted octanol–water partition coefficient (Wildman–Crippen LogP) is 3.43. The number of aromatic amines is 1. The van der Waals surface area contributed by atoms with Crippen molar-refractivity contribution in [2.24, 2.45) is 0 Å². The van der Waals surface area contributed by atoms with Gasteiger partial charge in [-0.25, -0.2) is 4.79 Å². The Labute approximate surface area is 204 Å². The van der Waals surface area contributed by atoms with Crippen LogP contribution in [-0.4, -0.2) is 32.2 Å². The number of nitrogens with zero attached hydrogens (tertiary/aromatic N) is 4. The Balaban J connectivity index is 1.82. The average Bonchev–Trinajstić information content (AvgIpc) is 3.31. The molecule has 1 amide bonds. The molecule has 0 aliphatic rings. The fraction of sp³-hybridized carbons (Fsp3) is 0.480. The molecular weight excluding hydrogens is 448 g/mol. The zero-order valence-corrected chi connectivity index (χ0v) is 20.7. The van der Waals surface area contributed by atoms with E-state index < -0.39 is 11.2 Å². The minimum atomic E-state index is -0.662. The van der Waals surface area contributed by atoms with Crippen LogP contribution in [0.3, 0.4) is 0 Å². The second-order valence-corrected chi connectivity index (χ2v) is 8.62. The van der Waals surface area contributed by atoms with Gasteiger partial charge in [0, 0.05) is 31.5 Å².